The summed E-state index contributed by atoms with van der Waals surface area (Å²) in [5.74, 6) is -0.270. The van der Waals surface area contributed by atoms with Gasteiger partial charge in [-0.25, -0.2) is 9.97 Å². The second-order valence-corrected chi connectivity index (χ2v) is 9.05. The third kappa shape index (κ3) is 6.63. The molecule has 0 aliphatic carbocycles. The summed E-state index contributed by atoms with van der Waals surface area (Å²) in [5.41, 5.74) is 8.39. The number of ether oxygens (including phenoxy) is 1. The monoisotopic (exact) mass is 541 g/mol. The first-order valence-corrected chi connectivity index (χ1v) is 12.5. The molecule has 1 amide bonds. The van der Waals surface area contributed by atoms with Gasteiger partial charge in [-0.05, 0) is 61.8 Å². The van der Waals surface area contributed by atoms with Gasteiger partial charge in [0.1, 0.15) is 5.75 Å². The normalized spacial score (nSPS) is 11.6. The summed E-state index contributed by atoms with van der Waals surface area (Å²) in [6.45, 7) is 2.78. The molecule has 206 valence electrons. The van der Waals surface area contributed by atoms with Gasteiger partial charge in [0.25, 0.3) is 0 Å². The molecule has 12 heteroatoms. The molecule has 0 spiro atoms. The Kier molecular flexibility index (Phi) is 8.34. The Morgan fingerprint density at radius 2 is 1.97 bits per heavy atom. The molecule has 9 nitrogen and oxygen atoms in total. The van der Waals surface area contributed by atoms with E-state index in [1.807, 2.05) is 19.1 Å². The molecule has 2 heterocycles. The number of amides is 1. The van der Waals surface area contributed by atoms with Gasteiger partial charge in [0.05, 0.1) is 29.8 Å². The van der Waals surface area contributed by atoms with Crippen molar-refractivity contribution in [3.63, 3.8) is 0 Å². The Labute approximate surface area is 223 Å². The number of nitrogens with two attached hydrogens (primary N) is 1. The molecular formula is C27H30F3N7O2. The Morgan fingerprint density at radius 3 is 2.69 bits per heavy atom. The van der Waals surface area contributed by atoms with E-state index in [-0.39, 0.29) is 36.1 Å². The maximum absolute atomic E-state index is 13.6. The maximum atomic E-state index is 13.6. The van der Waals surface area contributed by atoms with E-state index in [9.17, 15) is 18.0 Å². The van der Waals surface area contributed by atoms with Crippen molar-refractivity contribution in [2.75, 3.05) is 31.2 Å². The quantitative estimate of drug-likeness (QED) is 0.255. The standard InChI is InChI=1S/C27H30F3N7O2/c1-4-17-12-18(13-19-15-33-26(31)35-25(17)19)21-14-23(36-37(21)3)34-24(38)11-16-6-7-22(39-9-5-8-32-2)20(10-16)27(28,29)30/h6-7,10,12-15,32H,4-5,8-9,11H2,1-3H3,(H2,31,33,35)(H,34,36,38). The van der Waals surface area contributed by atoms with Crippen LogP contribution in [0.1, 0.15) is 30.0 Å². The highest BCUT2D eigenvalue weighted by Gasteiger charge is 2.34. The van der Waals surface area contributed by atoms with Crippen LogP contribution in [-0.4, -0.2) is 45.9 Å². The fourth-order valence-corrected chi connectivity index (χ4v) is 4.29. The second-order valence-electron chi connectivity index (χ2n) is 9.05. The first-order valence-electron chi connectivity index (χ1n) is 12.5. The first-order chi connectivity index (χ1) is 18.6. The van der Waals surface area contributed by atoms with Crippen LogP contribution in [0.5, 0.6) is 5.75 Å². The van der Waals surface area contributed by atoms with Crippen LogP contribution in [0, 0.1) is 0 Å². The van der Waals surface area contributed by atoms with Crippen LogP contribution in [0.3, 0.4) is 0 Å². The van der Waals surface area contributed by atoms with E-state index < -0.39 is 17.6 Å². The lowest BCUT2D eigenvalue weighted by molar-refractivity contribution is -0.139. The number of nitrogens with zero attached hydrogens (tertiary/aromatic N) is 4. The smallest absolute Gasteiger partial charge is 0.419 e. The molecule has 2 aromatic heterocycles. The number of carbonyl (C=O) groups is 1. The molecule has 4 rings (SSSR count). The minimum Gasteiger partial charge on any atom is -0.493 e. The van der Waals surface area contributed by atoms with Crippen LogP contribution in [-0.2, 0) is 30.9 Å². The Balaban J connectivity index is 1.51. The molecule has 0 unspecified atom stereocenters. The number of fused-ring (bicyclic) bond motifs is 1. The topological polar surface area (TPSA) is 120 Å². The fraction of sp³-hybridized carbons (Fsp3) is 0.333. The van der Waals surface area contributed by atoms with Gasteiger partial charge in [0, 0.05) is 30.3 Å². The van der Waals surface area contributed by atoms with Crippen molar-refractivity contribution in [1.29, 1.82) is 0 Å². The van der Waals surface area contributed by atoms with Crippen molar-refractivity contribution < 1.29 is 22.7 Å². The predicted molar refractivity (Wildman–Crippen MR) is 143 cm³/mol. The number of hydrogen-bond donors (Lipinski definition) is 3. The molecule has 4 N–H and O–H groups in total. The van der Waals surface area contributed by atoms with Gasteiger partial charge in [-0.15, -0.1) is 0 Å². The third-order valence-electron chi connectivity index (χ3n) is 6.15. The highest BCUT2D eigenvalue weighted by molar-refractivity contribution is 5.92. The van der Waals surface area contributed by atoms with Gasteiger partial charge in [-0.2, -0.15) is 18.3 Å². The number of rotatable bonds is 10. The zero-order valence-electron chi connectivity index (χ0n) is 21.9. The number of anilines is 2. The third-order valence-corrected chi connectivity index (χ3v) is 6.15. The number of nitrogens with one attached hydrogen (secondary N) is 2. The van der Waals surface area contributed by atoms with Gasteiger partial charge in [-0.1, -0.05) is 13.0 Å². The van der Waals surface area contributed by atoms with Crippen molar-refractivity contribution in [1.82, 2.24) is 25.1 Å². The lowest BCUT2D eigenvalue weighted by Gasteiger charge is -2.15. The molecule has 2 aromatic carbocycles. The van der Waals surface area contributed by atoms with E-state index >= 15 is 0 Å². The number of benzene rings is 2. The molecule has 0 saturated carbocycles. The fourth-order valence-electron chi connectivity index (χ4n) is 4.29. The minimum atomic E-state index is -4.62. The van der Waals surface area contributed by atoms with Crippen molar-refractivity contribution >= 4 is 28.6 Å². The van der Waals surface area contributed by atoms with Crippen molar-refractivity contribution in [3.8, 4) is 17.0 Å². The SMILES string of the molecule is CCc1cc(-c2cc(NC(=O)Cc3ccc(OCCCNC)c(C(F)(F)F)c3)nn2C)cc2cnc(N)nc12. The van der Waals surface area contributed by atoms with Crippen molar-refractivity contribution in [3.05, 3.63) is 59.3 Å². The summed E-state index contributed by atoms with van der Waals surface area (Å²) < 4.78 is 47.9. The predicted octanol–water partition coefficient (Wildman–Crippen LogP) is 4.36. The van der Waals surface area contributed by atoms with Crippen LogP contribution in [0.4, 0.5) is 24.9 Å². The second kappa shape index (κ2) is 11.7. The molecule has 4 aromatic rings. The van der Waals surface area contributed by atoms with E-state index in [0.717, 1.165) is 40.2 Å². The molecular weight excluding hydrogens is 511 g/mol. The van der Waals surface area contributed by atoms with E-state index in [2.05, 4.69) is 25.7 Å². The first kappa shape index (κ1) is 27.8. The average Bonchev–Trinajstić information content (AvgIpc) is 3.25. The lowest BCUT2D eigenvalue weighted by Crippen LogP contribution is -2.17. The number of carbonyl (C=O) groups excluding carboxylic acids is 1. The van der Waals surface area contributed by atoms with Gasteiger partial charge in [0.2, 0.25) is 11.9 Å². The highest BCUT2D eigenvalue weighted by Crippen LogP contribution is 2.37. The number of nitrogen functional groups attached to an aromatic ring is 1. The highest BCUT2D eigenvalue weighted by atomic mass is 19.4. The summed E-state index contributed by atoms with van der Waals surface area (Å²) in [7, 11) is 3.50. The van der Waals surface area contributed by atoms with E-state index in [1.165, 1.54) is 12.1 Å². The van der Waals surface area contributed by atoms with E-state index in [4.69, 9.17) is 10.5 Å². The van der Waals surface area contributed by atoms with Crippen molar-refractivity contribution in [2.45, 2.75) is 32.4 Å². The molecule has 0 bridgehead atoms. The molecule has 0 aliphatic rings. The van der Waals surface area contributed by atoms with Gasteiger partial charge in [-0.3, -0.25) is 9.48 Å². The Bertz CT molecular complexity index is 1480. The van der Waals surface area contributed by atoms with Crippen LogP contribution in [0.2, 0.25) is 0 Å². The molecule has 0 saturated heterocycles. The zero-order valence-corrected chi connectivity index (χ0v) is 21.9. The van der Waals surface area contributed by atoms with Gasteiger partial charge in [0.15, 0.2) is 5.82 Å². The van der Waals surface area contributed by atoms with Gasteiger partial charge >= 0.3 is 6.18 Å². The van der Waals surface area contributed by atoms with E-state index in [1.54, 1.807) is 31.0 Å². The Hall–Kier alpha value is -4.19. The summed E-state index contributed by atoms with van der Waals surface area (Å²) in [5, 5.41) is 10.8. The summed E-state index contributed by atoms with van der Waals surface area (Å²) in [6, 6.07) is 9.28. The number of aromatic nitrogens is 4. The summed E-state index contributed by atoms with van der Waals surface area (Å²) in [6.07, 6.45) is -1.93. The lowest BCUT2D eigenvalue weighted by atomic mass is 10.0. The number of halogens is 3. The molecule has 0 fully saturated rings. The zero-order chi connectivity index (χ0) is 28.2. The summed E-state index contributed by atoms with van der Waals surface area (Å²) >= 11 is 0. The minimum absolute atomic E-state index is 0.143. The average molecular weight is 542 g/mol. The van der Waals surface area contributed by atoms with E-state index in [0.29, 0.717) is 13.0 Å². The molecule has 39 heavy (non-hydrogen) atoms. The van der Waals surface area contributed by atoms with Crippen LogP contribution < -0.4 is 21.1 Å². The van der Waals surface area contributed by atoms with Crippen molar-refractivity contribution in [2.24, 2.45) is 7.05 Å². The van der Waals surface area contributed by atoms with Crippen LogP contribution in [0.15, 0.2) is 42.6 Å². The van der Waals surface area contributed by atoms with Crippen LogP contribution >= 0.6 is 0 Å². The van der Waals surface area contributed by atoms with Crippen LogP contribution in [0.25, 0.3) is 22.2 Å². The van der Waals surface area contributed by atoms with Gasteiger partial charge < -0.3 is 21.1 Å². The molecule has 0 aliphatic heterocycles. The largest absolute Gasteiger partial charge is 0.493 e. The molecule has 0 radical (unpaired) electrons. The maximum Gasteiger partial charge on any atom is 0.419 e. The number of hydrogen-bond acceptors (Lipinski definition) is 7. The number of alkyl halides is 3. The number of aryl methyl sites for hydroxylation is 2. The molecule has 0 atom stereocenters. The Morgan fingerprint density at radius 1 is 1.18 bits per heavy atom. The summed E-state index contributed by atoms with van der Waals surface area (Å²) in [4.78, 5) is 21.2.